The third-order valence-electron chi connectivity index (χ3n) is 15.3. The van der Waals surface area contributed by atoms with Gasteiger partial charge in [0.25, 0.3) is 0 Å². The lowest BCUT2D eigenvalue weighted by molar-refractivity contribution is 1.25. The van der Waals surface area contributed by atoms with Gasteiger partial charge in [0, 0.05) is 55.6 Å². The number of rotatable bonds is 0. The lowest BCUT2D eigenvalue weighted by atomic mass is 9.93. The van der Waals surface area contributed by atoms with Crippen molar-refractivity contribution in [1.29, 1.82) is 84.2 Å². The molecule has 0 amide bonds. The molecule has 0 aliphatic heterocycles. The molecule has 0 aromatic heterocycles. The maximum atomic E-state index is 8.97. The summed E-state index contributed by atoms with van der Waals surface area (Å²) in [6, 6.07) is 28.0. The Kier molecular flexibility index (Phi) is 28.6. The molecular formula is C86H52N24. The summed E-state index contributed by atoms with van der Waals surface area (Å²) in [4.78, 5) is 25.6. The predicted molar refractivity (Wildman–Crippen MR) is 403 cm³/mol. The van der Waals surface area contributed by atoms with Gasteiger partial charge in [-0.3, -0.25) is 0 Å². The van der Waals surface area contributed by atoms with Crippen LogP contribution >= 0.6 is 0 Å². The van der Waals surface area contributed by atoms with E-state index in [1.807, 2.05) is 54.6 Å². The summed E-state index contributed by atoms with van der Waals surface area (Å²) in [6.45, 7) is 78.1. The van der Waals surface area contributed by atoms with Crippen molar-refractivity contribution in [3.63, 3.8) is 0 Å². The van der Waals surface area contributed by atoms with Crippen LogP contribution in [-0.4, -0.2) is 0 Å². The minimum absolute atomic E-state index is 0.00458. The molecule has 0 atom stereocenters. The second-order valence-electron chi connectivity index (χ2n) is 21.5. The number of nitrogens with zero attached hydrogens (tertiary/aromatic N) is 24. The minimum Gasteiger partial charge on any atom is -0.238 e. The van der Waals surface area contributed by atoms with E-state index in [2.05, 4.69) is 44.8 Å². The highest BCUT2D eigenvalue weighted by Gasteiger charge is 2.19. The van der Waals surface area contributed by atoms with Gasteiger partial charge in [0.2, 0.25) is 34.1 Å². The highest BCUT2D eigenvalue weighted by molar-refractivity contribution is 5.75. The van der Waals surface area contributed by atoms with Gasteiger partial charge in [-0.25, -0.2) is 38.8 Å². The van der Waals surface area contributed by atoms with Crippen LogP contribution in [0.25, 0.3) is 38.8 Å². The number of benzene rings is 8. The normalized spacial score (nSPS) is 9.69. The Morgan fingerprint density at radius 1 is 0.209 bits per heavy atom. The molecule has 8 aromatic rings. The van der Waals surface area contributed by atoms with Gasteiger partial charge in [0.05, 0.1) is 197 Å². The maximum absolute atomic E-state index is 8.97. The van der Waals surface area contributed by atoms with Crippen LogP contribution in [0.2, 0.25) is 0 Å². The van der Waals surface area contributed by atoms with Crippen molar-refractivity contribution in [2.45, 2.75) is 96.9 Å². The van der Waals surface area contributed by atoms with Gasteiger partial charge in [-0.05, 0) is 217 Å². The fourth-order valence-electron chi connectivity index (χ4n) is 9.22. The molecule has 0 bridgehead atoms. The van der Waals surface area contributed by atoms with Crippen molar-refractivity contribution in [1.82, 2.24) is 0 Å². The van der Waals surface area contributed by atoms with Crippen molar-refractivity contribution >= 4 is 45.5 Å². The molecule has 0 fully saturated rings. The fourth-order valence-corrected chi connectivity index (χ4v) is 9.22. The van der Waals surface area contributed by atoms with Crippen LogP contribution in [0.1, 0.15) is 181 Å². The molecule has 24 heteroatoms. The van der Waals surface area contributed by atoms with Crippen molar-refractivity contribution in [2.24, 2.45) is 0 Å². The van der Waals surface area contributed by atoms with E-state index < -0.39 is 0 Å². The second-order valence-corrected chi connectivity index (χ2v) is 21.5. The third-order valence-corrected chi connectivity index (χ3v) is 15.3. The molecule has 0 heterocycles. The van der Waals surface area contributed by atoms with E-state index in [1.54, 1.807) is 113 Å². The summed E-state index contributed by atoms with van der Waals surface area (Å²) in [5.41, 5.74) is 9.17. The summed E-state index contributed by atoms with van der Waals surface area (Å²) >= 11 is 0. The van der Waals surface area contributed by atoms with Crippen LogP contribution in [0.4, 0.5) is 45.5 Å². The average molecular weight is 1430 g/mol. The number of nitriles is 16. The monoisotopic (exact) mass is 1430 g/mol. The fraction of sp³-hybridized carbons (Fsp3) is 0.163. The summed E-state index contributed by atoms with van der Waals surface area (Å²) in [5, 5.41) is 141. The lowest BCUT2D eigenvalue weighted by Gasteiger charge is -2.10. The maximum Gasteiger partial charge on any atom is 0.209 e. The molecule has 110 heavy (non-hydrogen) atoms. The third kappa shape index (κ3) is 21.1. The smallest absolute Gasteiger partial charge is 0.209 e. The highest BCUT2D eigenvalue weighted by atomic mass is 14.7. The minimum atomic E-state index is -0.356. The van der Waals surface area contributed by atoms with Gasteiger partial charge in [0.1, 0.15) is 0 Å². The predicted octanol–water partition coefficient (Wildman–Crippen LogP) is 20.2. The Morgan fingerprint density at radius 2 is 0.445 bits per heavy atom. The first-order valence-corrected chi connectivity index (χ1v) is 30.2. The topological polar surface area (TPSA) is 416 Å². The van der Waals surface area contributed by atoms with Gasteiger partial charge < -0.3 is 0 Å². The van der Waals surface area contributed by atoms with Crippen LogP contribution in [-0.2, 0) is 0 Å². The number of hydrogen-bond acceptors (Lipinski definition) is 16. The van der Waals surface area contributed by atoms with Gasteiger partial charge in [-0.1, -0.05) is 18.1 Å². The van der Waals surface area contributed by atoms with Gasteiger partial charge in [0.15, 0.2) is 11.4 Å². The van der Waals surface area contributed by atoms with Crippen LogP contribution in [0.15, 0.2) is 60.4 Å². The quantitative estimate of drug-likeness (QED) is 0.127. The molecule has 0 spiro atoms. The van der Waals surface area contributed by atoms with E-state index in [4.69, 9.17) is 150 Å². The van der Waals surface area contributed by atoms with Crippen LogP contribution in [0.3, 0.4) is 0 Å². The molecular weight excluding hydrogens is 1370 g/mol. The zero-order valence-electron chi connectivity index (χ0n) is 70.7. The molecule has 0 saturated heterocycles. The SMILES string of the molecule is [2H]c1c(C#N)c([2H])c([N+]#[C-])c(C)c1C#N.[2H]c1c(C#N)c([2H])c([N+]#[C-])c(C)c1C#N.[2H]c1c(C)c(C#N)c(C)c([N+]#[C-])c1C#N.[2H]c1c(C)c(C#N)c(C)c([N+]#[C-])c1C#N.[2H]c1c(C)c(C#N)c([N+]#[C-])c(C)c1C#N.[2H]c1c(C)c(C#N)c([N+]#[C-])c(C)c1C#N.[2H]c1c([2H])c(C#N)c([N+]#[C-])c(C)c1C#N.[C-]#[N+]c1c(C)c(C#N)c(C)c(C)c1C#N. The first kappa shape index (κ1) is 72.8. The molecule has 0 aliphatic rings. The van der Waals surface area contributed by atoms with Gasteiger partial charge in [-0.15, -0.1) is 0 Å². The Hall–Kier alpha value is -18.5. The highest BCUT2D eigenvalue weighted by Crippen LogP contribution is 2.35. The Bertz CT molecular complexity index is 5810. The Morgan fingerprint density at radius 3 is 0.718 bits per heavy atom. The van der Waals surface area contributed by atoms with Crippen LogP contribution in [0, 0.1) is 331 Å². The summed E-state index contributed by atoms with van der Waals surface area (Å²) < 4.78 is 75.8. The van der Waals surface area contributed by atoms with E-state index in [0.29, 0.717) is 94.7 Å². The molecule has 0 saturated carbocycles. The van der Waals surface area contributed by atoms with Crippen molar-refractivity contribution in [3.8, 4) is 97.1 Å². The molecule has 8 rings (SSSR count). The van der Waals surface area contributed by atoms with Crippen LogP contribution < -0.4 is 0 Å². The van der Waals surface area contributed by atoms with Gasteiger partial charge in [-0.2, -0.15) is 84.2 Å². The van der Waals surface area contributed by atoms with Gasteiger partial charge >= 0.3 is 0 Å². The summed E-state index contributed by atoms with van der Waals surface area (Å²) in [6.07, 6.45) is 0. The van der Waals surface area contributed by atoms with E-state index in [-0.39, 0.29) is 167 Å². The lowest BCUT2D eigenvalue weighted by Crippen LogP contribution is -1.96. The van der Waals surface area contributed by atoms with E-state index in [0.717, 1.165) is 11.1 Å². The standard InChI is InChI=1S/C12H9N3.4C11H7N3.3C10H5N3/c1-7-8(2)11(6-14)12(15-4)9(3)10(7)5-13;2*1-7-4-9(5-12)11(14-3)8(2)10(7)6-13;2*1-7-4-9(5-12)8(2)11(14-3)10(7)6-13;2*1-7-9(6-12)3-8(5-11)4-10(7)13-2;1-7-8(5-11)3-4-9(6-12)10(7)13-2/h1-3H3;4*4H,1-2H3;3*3-4H,1H3/i;4*4D;3*3D,4D. The molecule has 516 valence electrons. The first-order valence-electron chi connectivity index (χ1n) is 35.2. The summed E-state index contributed by atoms with van der Waals surface area (Å²) in [5.74, 6) is 0. The van der Waals surface area contributed by atoms with Crippen molar-refractivity contribution in [3.05, 3.63) is 319 Å². The zero-order valence-corrected chi connectivity index (χ0v) is 60.7. The van der Waals surface area contributed by atoms with E-state index >= 15 is 0 Å². The van der Waals surface area contributed by atoms with Crippen LogP contribution in [0.5, 0.6) is 0 Å². The van der Waals surface area contributed by atoms with Crippen molar-refractivity contribution < 1.29 is 13.7 Å². The average Bonchev–Trinajstić information content (AvgIpc) is 0.837. The second kappa shape index (κ2) is 43.2. The van der Waals surface area contributed by atoms with Crippen molar-refractivity contribution in [2.75, 3.05) is 0 Å². The molecule has 0 unspecified atom stereocenters. The largest absolute Gasteiger partial charge is 0.238 e. The Balaban J connectivity index is 0.000000686. The first-order chi connectivity index (χ1) is 56.6. The molecule has 24 nitrogen and oxygen atoms in total. The molecule has 0 N–H and O–H groups in total. The molecule has 0 aliphatic carbocycles. The van der Waals surface area contributed by atoms with E-state index in [9.17, 15) is 0 Å². The Labute approximate surface area is 653 Å². The zero-order chi connectivity index (χ0) is 92.7. The molecule has 0 radical (unpaired) electrons. The molecule has 8 aromatic carbocycles. The summed E-state index contributed by atoms with van der Waals surface area (Å²) in [7, 11) is 0. The number of hydrogen-bond donors (Lipinski definition) is 0. The van der Waals surface area contributed by atoms with E-state index in [1.165, 1.54) is 20.8 Å².